The van der Waals surface area contributed by atoms with Gasteiger partial charge in [0, 0.05) is 31.1 Å². The largest absolute Gasteiger partial charge is 0.573 e. The lowest BCUT2D eigenvalue weighted by molar-refractivity contribution is -0.274. The van der Waals surface area contributed by atoms with Gasteiger partial charge in [-0.15, -0.1) is 18.3 Å². The van der Waals surface area contributed by atoms with Crippen molar-refractivity contribution in [2.75, 3.05) is 11.9 Å². The normalized spacial score (nSPS) is 13.3. The van der Waals surface area contributed by atoms with Gasteiger partial charge >= 0.3 is 6.36 Å². The van der Waals surface area contributed by atoms with Crippen molar-refractivity contribution in [3.63, 3.8) is 0 Å². The van der Waals surface area contributed by atoms with E-state index in [4.69, 9.17) is 0 Å². The summed E-state index contributed by atoms with van der Waals surface area (Å²) in [7, 11) is 0. The highest BCUT2D eigenvalue weighted by Gasteiger charge is 2.31. The summed E-state index contributed by atoms with van der Waals surface area (Å²) in [5.41, 5.74) is 0.278. The molecule has 3 aromatic rings. The minimum absolute atomic E-state index is 0.0300. The summed E-state index contributed by atoms with van der Waals surface area (Å²) in [4.78, 5) is 43.5. The quantitative estimate of drug-likeness (QED) is 0.585. The van der Waals surface area contributed by atoms with Gasteiger partial charge in [-0.05, 0) is 37.6 Å². The van der Waals surface area contributed by atoms with Crippen LogP contribution in [0.2, 0.25) is 0 Å². The first kappa shape index (κ1) is 24.0. The Hall–Kier alpha value is -4.16. The molecule has 1 N–H and O–H groups in total. The molecule has 1 aromatic carbocycles. The standard InChI is InChI=1S/C22H21F3N6O4/c1-3-29-12-26-10-18(21(29)34)27-19-16-8-9-30(13(2)32)11-17(16)20(33)31(28-19)14-4-6-15(7-5-14)35-22(23,24)25/h4-7,10,12H,3,8-9,11H2,1-2H3,(H,27,28). The number of carbonyl (C=O) groups is 1. The minimum Gasteiger partial charge on any atom is -0.406 e. The number of alkyl halides is 3. The third-order valence-corrected chi connectivity index (χ3v) is 5.54. The number of fused-ring (bicyclic) bond motifs is 1. The lowest BCUT2D eigenvalue weighted by atomic mass is 10.0. The van der Waals surface area contributed by atoms with Gasteiger partial charge in [-0.1, -0.05) is 0 Å². The summed E-state index contributed by atoms with van der Waals surface area (Å²) < 4.78 is 43.8. The van der Waals surface area contributed by atoms with Gasteiger partial charge < -0.3 is 15.0 Å². The number of hydrogen-bond acceptors (Lipinski definition) is 7. The molecule has 1 aliphatic heterocycles. The SMILES string of the molecule is CCn1cncc(Nc2nn(-c3ccc(OC(F)(F)F)cc3)c(=O)c3c2CCN(C(C)=O)C3)c1=O. The van der Waals surface area contributed by atoms with E-state index in [9.17, 15) is 27.6 Å². The van der Waals surface area contributed by atoms with Gasteiger partial charge in [0.05, 0.1) is 24.8 Å². The molecule has 35 heavy (non-hydrogen) atoms. The summed E-state index contributed by atoms with van der Waals surface area (Å²) in [6, 6.07) is 4.63. The van der Waals surface area contributed by atoms with E-state index in [1.807, 2.05) is 0 Å². The molecule has 0 atom stereocenters. The minimum atomic E-state index is -4.86. The topological polar surface area (TPSA) is 111 Å². The average molecular weight is 490 g/mol. The van der Waals surface area contributed by atoms with Crippen molar-refractivity contribution in [2.24, 2.45) is 0 Å². The number of aromatic nitrogens is 4. The number of ether oxygens (including phenoxy) is 1. The number of anilines is 2. The summed E-state index contributed by atoms with van der Waals surface area (Å²) in [6.45, 7) is 3.97. The highest BCUT2D eigenvalue weighted by atomic mass is 19.4. The zero-order valence-electron chi connectivity index (χ0n) is 18.8. The third-order valence-electron chi connectivity index (χ3n) is 5.54. The fourth-order valence-electron chi connectivity index (χ4n) is 3.78. The Bertz CT molecular complexity index is 1380. The molecule has 0 radical (unpaired) electrons. The second-order valence-corrected chi connectivity index (χ2v) is 7.78. The molecule has 0 spiro atoms. The summed E-state index contributed by atoms with van der Waals surface area (Å²) in [5, 5.41) is 7.33. The Balaban J connectivity index is 1.82. The summed E-state index contributed by atoms with van der Waals surface area (Å²) in [5.74, 6) is -0.449. The second-order valence-electron chi connectivity index (χ2n) is 7.78. The number of nitrogens with zero attached hydrogens (tertiary/aromatic N) is 5. The van der Waals surface area contributed by atoms with Crippen LogP contribution in [-0.4, -0.2) is 43.0 Å². The van der Waals surface area contributed by atoms with E-state index in [2.05, 4.69) is 20.1 Å². The van der Waals surface area contributed by atoms with E-state index in [0.29, 0.717) is 30.6 Å². The number of amides is 1. The molecule has 0 unspecified atom stereocenters. The monoisotopic (exact) mass is 490 g/mol. The van der Waals surface area contributed by atoms with Gasteiger partial charge in [-0.25, -0.2) is 4.98 Å². The van der Waals surface area contributed by atoms with Crippen molar-refractivity contribution < 1.29 is 22.7 Å². The van der Waals surface area contributed by atoms with Crippen molar-refractivity contribution in [2.45, 2.75) is 39.7 Å². The molecule has 2 aromatic heterocycles. The molecular weight excluding hydrogens is 469 g/mol. The molecule has 0 fully saturated rings. The van der Waals surface area contributed by atoms with Gasteiger partial charge in [0.25, 0.3) is 11.1 Å². The van der Waals surface area contributed by atoms with E-state index in [-0.39, 0.29) is 35.2 Å². The second kappa shape index (κ2) is 9.24. The van der Waals surface area contributed by atoms with Crippen LogP contribution in [0.25, 0.3) is 5.69 Å². The predicted molar refractivity (Wildman–Crippen MR) is 119 cm³/mol. The maximum atomic E-state index is 13.3. The first-order valence-electron chi connectivity index (χ1n) is 10.7. The number of hydrogen-bond donors (Lipinski definition) is 1. The average Bonchev–Trinajstić information content (AvgIpc) is 2.81. The maximum absolute atomic E-state index is 13.3. The molecule has 0 saturated heterocycles. The van der Waals surface area contributed by atoms with Gasteiger partial charge in [0.2, 0.25) is 5.91 Å². The lowest BCUT2D eigenvalue weighted by Gasteiger charge is -2.29. The summed E-state index contributed by atoms with van der Waals surface area (Å²) in [6.07, 6.45) is -1.80. The first-order chi connectivity index (χ1) is 16.6. The van der Waals surface area contributed by atoms with E-state index < -0.39 is 17.7 Å². The molecule has 13 heteroatoms. The molecular formula is C22H21F3N6O4. The number of aryl methyl sites for hydroxylation is 1. The molecule has 10 nitrogen and oxygen atoms in total. The molecule has 184 valence electrons. The van der Waals surface area contributed by atoms with Crippen molar-refractivity contribution in [1.82, 2.24) is 24.2 Å². The Morgan fingerprint density at radius 2 is 1.86 bits per heavy atom. The van der Waals surface area contributed by atoms with Crippen LogP contribution in [0.5, 0.6) is 5.75 Å². The maximum Gasteiger partial charge on any atom is 0.573 e. The van der Waals surface area contributed by atoms with E-state index in [1.165, 1.54) is 41.0 Å². The highest BCUT2D eigenvalue weighted by molar-refractivity contribution is 5.74. The van der Waals surface area contributed by atoms with E-state index >= 15 is 0 Å². The van der Waals surface area contributed by atoms with Crippen LogP contribution < -0.4 is 21.2 Å². The molecule has 0 saturated carbocycles. The first-order valence-corrected chi connectivity index (χ1v) is 10.7. The Labute approximate surface area is 196 Å². The lowest BCUT2D eigenvalue weighted by Crippen LogP contribution is -2.40. The van der Waals surface area contributed by atoms with Gasteiger partial charge in [0.1, 0.15) is 11.4 Å². The fourth-order valence-corrected chi connectivity index (χ4v) is 3.78. The number of carbonyl (C=O) groups excluding carboxylic acids is 1. The Morgan fingerprint density at radius 1 is 1.14 bits per heavy atom. The van der Waals surface area contributed by atoms with Crippen LogP contribution in [-0.2, 0) is 24.3 Å². The van der Waals surface area contributed by atoms with E-state index in [0.717, 1.165) is 16.8 Å². The number of rotatable bonds is 5. The smallest absolute Gasteiger partial charge is 0.406 e. The van der Waals surface area contributed by atoms with Crippen LogP contribution in [0.1, 0.15) is 25.0 Å². The van der Waals surface area contributed by atoms with Crippen LogP contribution in [0, 0.1) is 0 Å². The molecule has 0 bridgehead atoms. The molecule has 1 aliphatic rings. The molecule has 4 rings (SSSR count). The zero-order chi connectivity index (χ0) is 25.3. The number of benzene rings is 1. The molecule has 0 aliphatic carbocycles. The summed E-state index contributed by atoms with van der Waals surface area (Å²) >= 11 is 0. The Morgan fingerprint density at radius 3 is 2.49 bits per heavy atom. The highest BCUT2D eigenvalue weighted by Crippen LogP contribution is 2.26. The predicted octanol–water partition coefficient (Wildman–Crippen LogP) is 2.36. The fraction of sp³-hybridized carbons (Fsp3) is 0.318. The van der Waals surface area contributed by atoms with Gasteiger partial charge in [-0.3, -0.25) is 19.0 Å². The van der Waals surface area contributed by atoms with Gasteiger partial charge in [-0.2, -0.15) is 4.68 Å². The van der Waals surface area contributed by atoms with Crippen molar-refractivity contribution in [3.8, 4) is 11.4 Å². The number of halogens is 3. The Kier molecular flexibility index (Phi) is 6.33. The van der Waals surface area contributed by atoms with Crippen LogP contribution in [0.3, 0.4) is 0 Å². The van der Waals surface area contributed by atoms with E-state index in [1.54, 1.807) is 6.92 Å². The van der Waals surface area contributed by atoms with Crippen LogP contribution in [0.4, 0.5) is 24.7 Å². The van der Waals surface area contributed by atoms with Crippen LogP contribution in [0.15, 0.2) is 46.4 Å². The molecule has 1 amide bonds. The molecule has 3 heterocycles. The number of nitrogens with one attached hydrogen (secondary N) is 1. The van der Waals surface area contributed by atoms with Crippen molar-refractivity contribution in [3.05, 3.63) is 68.6 Å². The third kappa shape index (κ3) is 5.03. The van der Waals surface area contributed by atoms with Crippen molar-refractivity contribution in [1.29, 1.82) is 0 Å². The van der Waals surface area contributed by atoms with Crippen LogP contribution >= 0.6 is 0 Å². The van der Waals surface area contributed by atoms with Crippen molar-refractivity contribution >= 4 is 17.4 Å². The zero-order valence-corrected chi connectivity index (χ0v) is 18.8. The van der Waals surface area contributed by atoms with Gasteiger partial charge in [0.15, 0.2) is 5.82 Å².